The highest BCUT2D eigenvalue weighted by Gasteiger charge is 2.26. The molecule has 2 aromatic rings. The molecule has 0 saturated carbocycles. The van der Waals surface area contributed by atoms with Crippen LogP contribution in [-0.4, -0.2) is 34.6 Å². The predicted octanol–water partition coefficient (Wildman–Crippen LogP) is 5.21. The number of benzene rings is 2. The molecule has 0 aliphatic heterocycles. The van der Waals surface area contributed by atoms with Crippen molar-refractivity contribution in [2.24, 2.45) is 0 Å². The topological polar surface area (TPSA) is 49.4 Å². The molecule has 1 N–H and O–H groups in total. The lowest BCUT2D eigenvalue weighted by atomic mass is 10.1. The van der Waals surface area contributed by atoms with Gasteiger partial charge in [0.1, 0.15) is 6.04 Å². The van der Waals surface area contributed by atoms with E-state index in [-0.39, 0.29) is 17.9 Å². The first kappa shape index (κ1) is 24.3. The fourth-order valence-electron chi connectivity index (χ4n) is 2.86. The Morgan fingerprint density at radius 1 is 1.03 bits per heavy atom. The highest BCUT2D eigenvalue weighted by Crippen LogP contribution is 2.18. The fourth-order valence-corrected chi connectivity index (χ4v) is 3.85. The summed E-state index contributed by atoms with van der Waals surface area (Å²) in [6, 6.07) is 15.2. The van der Waals surface area contributed by atoms with E-state index in [0.29, 0.717) is 23.1 Å². The van der Waals surface area contributed by atoms with Gasteiger partial charge in [0.15, 0.2) is 0 Å². The number of hydrogen-bond acceptors (Lipinski definition) is 3. The Morgan fingerprint density at radius 3 is 2.23 bits per heavy atom. The number of aryl methyl sites for hydroxylation is 1. The van der Waals surface area contributed by atoms with Crippen LogP contribution in [0.5, 0.6) is 0 Å². The highest BCUT2D eigenvalue weighted by molar-refractivity contribution is 7.99. The average Bonchev–Trinajstić information content (AvgIpc) is 2.74. The fraction of sp³-hybridized carbons (Fsp3) is 0.417. The molecule has 0 aliphatic rings. The molecule has 2 atom stereocenters. The van der Waals surface area contributed by atoms with Gasteiger partial charge in [0, 0.05) is 23.4 Å². The number of nitrogens with zero attached hydrogens (tertiary/aromatic N) is 1. The first-order valence-electron chi connectivity index (χ1n) is 10.3. The minimum absolute atomic E-state index is 0.0404. The van der Waals surface area contributed by atoms with Crippen molar-refractivity contribution in [2.45, 2.75) is 58.5 Å². The number of hydrogen-bond donors (Lipinski definition) is 1. The van der Waals surface area contributed by atoms with Gasteiger partial charge in [0.05, 0.1) is 5.75 Å². The molecule has 4 nitrogen and oxygen atoms in total. The molecule has 6 heteroatoms. The van der Waals surface area contributed by atoms with Crippen LogP contribution >= 0.6 is 23.4 Å². The first-order valence-corrected chi connectivity index (χ1v) is 11.8. The van der Waals surface area contributed by atoms with Gasteiger partial charge in [-0.3, -0.25) is 9.59 Å². The highest BCUT2D eigenvalue weighted by atomic mass is 35.5. The van der Waals surface area contributed by atoms with E-state index < -0.39 is 6.04 Å². The number of amides is 2. The van der Waals surface area contributed by atoms with Crippen LogP contribution in [-0.2, 0) is 21.9 Å². The summed E-state index contributed by atoms with van der Waals surface area (Å²) >= 11 is 7.47. The smallest absolute Gasteiger partial charge is 0.242 e. The molecule has 2 aromatic carbocycles. The largest absolute Gasteiger partial charge is 0.352 e. The van der Waals surface area contributed by atoms with E-state index in [9.17, 15) is 9.59 Å². The minimum atomic E-state index is -0.538. The zero-order valence-electron chi connectivity index (χ0n) is 18.2. The maximum atomic E-state index is 13.1. The summed E-state index contributed by atoms with van der Waals surface area (Å²) in [4.78, 5) is 27.4. The molecule has 30 heavy (non-hydrogen) atoms. The van der Waals surface area contributed by atoms with Gasteiger partial charge in [0.25, 0.3) is 0 Å². The Labute approximate surface area is 189 Å². The molecular weight excluding hydrogens is 416 g/mol. The number of carbonyl (C=O) groups excluding carboxylic acids is 2. The number of thioether (sulfide) groups is 1. The van der Waals surface area contributed by atoms with Gasteiger partial charge in [-0.25, -0.2) is 0 Å². The SMILES string of the molecule is CCC(C)NC(=O)C(C)N(Cc1ccc(C)cc1)C(=O)CSCc1ccc(Cl)cc1. The van der Waals surface area contributed by atoms with Gasteiger partial charge in [-0.2, -0.15) is 0 Å². The van der Waals surface area contributed by atoms with Crippen molar-refractivity contribution >= 4 is 35.2 Å². The average molecular weight is 447 g/mol. The van der Waals surface area contributed by atoms with Gasteiger partial charge in [-0.15, -0.1) is 11.8 Å². The van der Waals surface area contributed by atoms with E-state index in [1.807, 2.05) is 69.3 Å². The second-order valence-electron chi connectivity index (χ2n) is 7.62. The van der Waals surface area contributed by atoms with Gasteiger partial charge >= 0.3 is 0 Å². The number of halogens is 1. The van der Waals surface area contributed by atoms with Crippen molar-refractivity contribution < 1.29 is 9.59 Å². The standard InChI is InChI=1S/C24H31ClN2O2S/c1-5-18(3)26-24(29)19(4)27(14-20-8-6-17(2)7-9-20)23(28)16-30-15-21-10-12-22(25)13-11-21/h6-13,18-19H,5,14-16H2,1-4H3,(H,26,29). The molecule has 2 unspecified atom stereocenters. The molecule has 2 rings (SSSR count). The zero-order valence-corrected chi connectivity index (χ0v) is 19.7. The lowest BCUT2D eigenvalue weighted by Crippen LogP contribution is -2.50. The summed E-state index contributed by atoms with van der Waals surface area (Å²) in [6.07, 6.45) is 0.849. The van der Waals surface area contributed by atoms with E-state index in [1.54, 1.807) is 23.6 Å². The monoisotopic (exact) mass is 446 g/mol. The molecular formula is C24H31ClN2O2S. The maximum Gasteiger partial charge on any atom is 0.242 e. The van der Waals surface area contributed by atoms with E-state index in [2.05, 4.69) is 5.32 Å². The first-order chi connectivity index (χ1) is 14.3. The molecule has 2 amide bonds. The Kier molecular flexibility index (Phi) is 9.73. The normalized spacial score (nSPS) is 12.8. The third kappa shape index (κ3) is 7.69. The van der Waals surface area contributed by atoms with Gasteiger partial charge in [0.2, 0.25) is 11.8 Å². The van der Waals surface area contributed by atoms with Crippen LogP contribution < -0.4 is 5.32 Å². The Balaban J connectivity index is 2.06. The van der Waals surface area contributed by atoms with Crippen LogP contribution in [0.25, 0.3) is 0 Å². The van der Waals surface area contributed by atoms with Crippen LogP contribution in [0.15, 0.2) is 48.5 Å². The summed E-state index contributed by atoms with van der Waals surface area (Å²) in [6.45, 7) is 8.24. The number of carbonyl (C=O) groups is 2. The third-order valence-electron chi connectivity index (χ3n) is 5.05. The van der Waals surface area contributed by atoms with Crippen molar-refractivity contribution in [2.75, 3.05) is 5.75 Å². The molecule has 162 valence electrons. The van der Waals surface area contributed by atoms with Gasteiger partial charge in [-0.1, -0.05) is 60.5 Å². The summed E-state index contributed by atoms with van der Waals surface area (Å²) < 4.78 is 0. The molecule has 0 fully saturated rings. The van der Waals surface area contributed by atoms with Crippen LogP contribution in [0.3, 0.4) is 0 Å². The van der Waals surface area contributed by atoms with Crippen molar-refractivity contribution in [3.05, 3.63) is 70.2 Å². The second kappa shape index (κ2) is 12.0. The number of nitrogens with one attached hydrogen (secondary N) is 1. The van der Waals surface area contributed by atoms with E-state index in [1.165, 1.54) is 0 Å². The van der Waals surface area contributed by atoms with Crippen LogP contribution in [0.2, 0.25) is 5.02 Å². The lowest BCUT2D eigenvalue weighted by molar-refractivity contribution is -0.138. The minimum Gasteiger partial charge on any atom is -0.352 e. The Bertz CT molecular complexity index is 824. The van der Waals surface area contributed by atoms with E-state index in [0.717, 1.165) is 23.1 Å². The molecule has 0 aromatic heterocycles. The maximum absolute atomic E-state index is 13.1. The summed E-state index contributed by atoms with van der Waals surface area (Å²) in [5, 5.41) is 3.69. The van der Waals surface area contributed by atoms with Crippen molar-refractivity contribution in [1.29, 1.82) is 0 Å². The summed E-state index contributed by atoms with van der Waals surface area (Å²) in [5.74, 6) is 0.873. The van der Waals surface area contributed by atoms with E-state index in [4.69, 9.17) is 11.6 Å². The Hall–Kier alpha value is -1.98. The van der Waals surface area contributed by atoms with Crippen molar-refractivity contribution in [3.8, 4) is 0 Å². The zero-order chi connectivity index (χ0) is 22.1. The molecule has 0 heterocycles. The quantitative estimate of drug-likeness (QED) is 0.544. The van der Waals surface area contributed by atoms with Crippen LogP contribution in [0, 0.1) is 6.92 Å². The van der Waals surface area contributed by atoms with Gasteiger partial charge in [-0.05, 0) is 50.5 Å². The molecule has 0 bridgehead atoms. The lowest BCUT2D eigenvalue weighted by Gasteiger charge is -2.29. The molecule has 0 saturated heterocycles. The molecule has 0 spiro atoms. The molecule has 0 radical (unpaired) electrons. The van der Waals surface area contributed by atoms with Crippen molar-refractivity contribution in [1.82, 2.24) is 10.2 Å². The van der Waals surface area contributed by atoms with Crippen LogP contribution in [0.1, 0.15) is 43.9 Å². The Morgan fingerprint density at radius 2 is 1.63 bits per heavy atom. The number of rotatable bonds is 10. The van der Waals surface area contributed by atoms with Crippen molar-refractivity contribution in [3.63, 3.8) is 0 Å². The van der Waals surface area contributed by atoms with Crippen LogP contribution in [0.4, 0.5) is 0 Å². The predicted molar refractivity (Wildman–Crippen MR) is 127 cm³/mol. The van der Waals surface area contributed by atoms with E-state index >= 15 is 0 Å². The third-order valence-corrected chi connectivity index (χ3v) is 6.29. The summed E-state index contributed by atoms with van der Waals surface area (Å²) in [5.41, 5.74) is 3.29. The summed E-state index contributed by atoms with van der Waals surface area (Å²) in [7, 11) is 0. The van der Waals surface area contributed by atoms with Gasteiger partial charge < -0.3 is 10.2 Å². The molecule has 0 aliphatic carbocycles. The second-order valence-corrected chi connectivity index (χ2v) is 9.04.